The van der Waals surface area contributed by atoms with Crippen LogP contribution in [0.15, 0.2) is 12.1 Å². The highest BCUT2D eigenvalue weighted by Crippen LogP contribution is 2.32. The van der Waals surface area contributed by atoms with Crippen LogP contribution in [0.2, 0.25) is 4.34 Å². The molecule has 1 atom stereocenters. The number of carbonyl (C=O) groups is 2. The molecule has 0 aromatic carbocycles. The summed E-state index contributed by atoms with van der Waals surface area (Å²) in [6.07, 6.45) is 4.22. The quantitative estimate of drug-likeness (QED) is 0.768. The molecule has 0 bridgehead atoms. The van der Waals surface area contributed by atoms with Crippen molar-refractivity contribution in [3.63, 3.8) is 0 Å². The zero-order valence-corrected chi connectivity index (χ0v) is 15.5. The third kappa shape index (κ3) is 3.17. The lowest BCUT2D eigenvalue weighted by Crippen LogP contribution is -2.45. The topological polar surface area (TPSA) is 51.5 Å². The van der Waals surface area contributed by atoms with E-state index in [1.165, 1.54) is 24.9 Å². The van der Waals surface area contributed by atoms with E-state index in [4.69, 9.17) is 16.3 Å². The van der Waals surface area contributed by atoms with Crippen LogP contribution in [0.1, 0.15) is 43.1 Å². The molecule has 1 aliphatic heterocycles. The van der Waals surface area contributed by atoms with Gasteiger partial charge in [-0.2, -0.15) is 0 Å². The zero-order valence-electron chi connectivity index (χ0n) is 13.9. The lowest BCUT2D eigenvalue weighted by atomic mass is 10.00. The number of esters is 1. The number of likely N-dealkylation sites (tertiary alicyclic amines) is 1. The Balaban J connectivity index is 1.92. The van der Waals surface area contributed by atoms with Crippen molar-refractivity contribution in [2.24, 2.45) is 0 Å². The van der Waals surface area contributed by atoms with Gasteiger partial charge < -0.3 is 14.2 Å². The zero-order chi connectivity index (χ0) is 17.3. The van der Waals surface area contributed by atoms with Crippen LogP contribution in [0.4, 0.5) is 0 Å². The maximum Gasteiger partial charge on any atom is 0.354 e. The number of fused-ring (bicyclic) bond motifs is 1. The molecule has 1 fully saturated rings. The second-order valence-corrected chi connectivity index (χ2v) is 7.77. The fraction of sp³-hybridized carbons (Fsp3) is 0.529. The first-order chi connectivity index (χ1) is 11.5. The Morgan fingerprint density at radius 1 is 1.38 bits per heavy atom. The maximum atomic E-state index is 12.9. The number of hydrogen-bond donors (Lipinski definition) is 0. The first kappa shape index (κ1) is 17.3. The van der Waals surface area contributed by atoms with Crippen LogP contribution in [0.3, 0.4) is 0 Å². The maximum absolute atomic E-state index is 12.9. The van der Waals surface area contributed by atoms with Crippen molar-refractivity contribution in [2.45, 2.75) is 45.2 Å². The number of halogens is 1. The van der Waals surface area contributed by atoms with Gasteiger partial charge in [-0.15, -0.1) is 11.3 Å². The summed E-state index contributed by atoms with van der Waals surface area (Å²) in [5, 5.41) is 0. The number of carbonyl (C=O) groups excluding carboxylic acids is 2. The minimum Gasteiger partial charge on any atom is -0.464 e. The van der Waals surface area contributed by atoms with Gasteiger partial charge in [0.05, 0.1) is 21.7 Å². The molecule has 0 aliphatic carbocycles. The lowest BCUT2D eigenvalue weighted by molar-refractivity contribution is -0.135. The second-order valence-electron chi connectivity index (χ2n) is 6.05. The van der Waals surface area contributed by atoms with Crippen molar-refractivity contribution in [1.82, 2.24) is 9.47 Å². The molecule has 0 radical (unpaired) electrons. The molecule has 3 rings (SSSR count). The molecule has 1 aliphatic rings. The van der Waals surface area contributed by atoms with E-state index in [0.29, 0.717) is 16.1 Å². The monoisotopic (exact) mass is 368 g/mol. The number of ether oxygens (including phenoxy) is 1. The van der Waals surface area contributed by atoms with Gasteiger partial charge in [0.1, 0.15) is 12.2 Å². The van der Waals surface area contributed by atoms with E-state index in [0.717, 1.165) is 36.0 Å². The van der Waals surface area contributed by atoms with Crippen molar-refractivity contribution in [2.75, 3.05) is 13.7 Å². The summed E-state index contributed by atoms with van der Waals surface area (Å²) >= 11 is 7.48. The molecule has 3 heterocycles. The van der Waals surface area contributed by atoms with Gasteiger partial charge in [0.25, 0.3) is 0 Å². The van der Waals surface area contributed by atoms with E-state index in [2.05, 4.69) is 6.92 Å². The lowest BCUT2D eigenvalue weighted by Gasteiger charge is -2.35. The van der Waals surface area contributed by atoms with Gasteiger partial charge in [-0.25, -0.2) is 4.79 Å². The molecule has 0 N–H and O–H groups in total. The molecule has 0 unspecified atom stereocenters. The molecule has 2 aromatic rings. The van der Waals surface area contributed by atoms with Crippen LogP contribution >= 0.6 is 22.9 Å². The molecular formula is C17H21ClN2O3S. The fourth-order valence-corrected chi connectivity index (χ4v) is 4.61. The summed E-state index contributed by atoms with van der Waals surface area (Å²) in [5.74, 6) is -0.389. The van der Waals surface area contributed by atoms with Crippen LogP contribution in [0.5, 0.6) is 0 Å². The molecule has 1 amide bonds. The highest BCUT2D eigenvalue weighted by atomic mass is 35.5. The number of rotatable bonds is 4. The van der Waals surface area contributed by atoms with Gasteiger partial charge in [0.2, 0.25) is 5.91 Å². The van der Waals surface area contributed by atoms with E-state index in [1.54, 1.807) is 16.7 Å². The minimum absolute atomic E-state index is 0.0477. The summed E-state index contributed by atoms with van der Waals surface area (Å²) in [6, 6.07) is 3.85. The van der Waals surface area contributed by atoms with Crippen molar-refractivity contribution in [1.29, 1.82) is 0 Å². The highest BCUT2D eigenvalue weighted by molar-refractivity contribution is 7.22. The number of hydrogen-bond acceptors (Lipinski definition) is 4. The van der Waals surface area contributed by atoms with Gasteiger partial charge in [-0.1, -0.05) is 18.5 Å². The van der Waals surface area contributed by atoms with Crippen LogP contribution in [0, 0.1) is 0 Å². The van der Waals surface area contributed by atoms with E-state index < -0.39 is 5.97 Å². The minimum atomic E-state index is -0.437. The van der Waals surface area contributed by atoms with Crippen molar-refractivity contribution < 1.29 is 14.3 Å². The van der Waals surface area contributed by atoms with Crippen LogP contribution < -0.4 is 0 Å². The molecule has 24 heavy (non-hydrogen) atoms. The largest absolute Gasteiger partial charge is 0.464 e. The molecule has 0 spiro atoms. The Morgan fingerprint density at radius 2 is 2.17 bits per heavy atom. The average molecular weight is 369 g/mol. The first-order valence-corrected chi connectivity index (χ1v) is 9.41. The highest BCUT2D eigenvalue weighted by Gasteiger charge is 2.27. The Bertz CT molecular complexity index is 767. The molecule has 0 saturated carbocycles. The van der Waals surface area contributed by atoms with E-state index in [-0.39, 0.29) is 12.5 Å². The molecule has 7 heteroatoms. The third-order valence-corrected chi connectivity index (χ3v) is 5.87. The molecule has 2 aromatic heterocycles. The fourth-order valence-electron chi connectivity index (χ4n) is 3.44. The number of aromatic nitrogens is 1. The number of thiophene rings is 1. The van der Waals surface area contributed by atoms with Crippen LogP contribution in [-0.4, -0.2) is 41.0 Å². The SMILES string of the molecule is CC[C@@H]1CCCCN1C(=O)Cn1c(C(=O)OC)cc2sc(Cl)cc21. The normalized spacial score (nSPS) is 18.1. The Kier molecular flexibility index (Phi) is 5.15. The van der Waals surface area contributed by atoms with E-state index in [1.807, 2.05) is 4.90 Å². The Labute approximate surface area is 150 Å². The number of amides is 1. The van der Waals surface area contributed by atoms with E-state index >= 15 is 0 Å². The van der Waals surface area contributed by atoms with Crippen molar-refractivity contribution in [3.8, 4) is 0 Å². The third-order valence-electron chi connectivity index (χ3n) is 4.67. The Morgan fingerprint density at radius 3 is 2.88 bits per heavy atom. The second kappa shape index (κ2) is 7.15. The number of piperidine rings is 1. The first-order valence-electron chi connectivity index (χ1n) is 8.21. The van der Waals surface area contributed by atoms with Crippen LogP contribution in [0.25, 0.3) is 10.2 Å². The Hall–Kier alpha value is -1.53. The van der Waals surface area contributed by atoms with Gasteiger partial charge >= 0.3 is 5.97 Å². The predicted molar refractivity (Wildman–Crippen MR) is 95.8 cm³/mol. The smallest absolute Gasteiger partial charge is 0.354 e. The van der Waals surface area contributed by atoms with Gasteiger partial charge in [0.15, 0.2) is 0 Å². The molecular weight excluding hydrogens is 348 g/mol. The summed E-state index contributed by atoms with van der Waals surface area (Å²) in [4.78, 5) is 26.9. The number of methoxy groups -OCH3 is 1. The summed E-state index contributed by atoms with van der Waals surface area (Å²) in [6.45, 7) is 3.04. The summed E-state index contributed by atoms with van der Waals surface area (Å²) < 4.78 is 8.12. The van der Waals surface area contributed by atoms with Crippen LogP contribution in [-0.2, 0) is 16.1 Å². The summed E-state index contributed by atoms with van der Waals surface area (Å²) in [5.41, 5.74) is 1.21. The van der Waals surface area contributed by atoms with Crippen molar-refractivity contribution >= 4 is 45.0 Å². The molecule has 1 saturated heterocycles. The van der Waals surface area contributed by atoms with Gasteiger partial charge in [-0.05, 0) is 37.8 Å². The summed E-state index contributed by atoms with van der Waals surface area (Å²) in [7, 11) is 1.35. The standard InChI is InChI=1S/C17H21ClN2O3S/c1-3-11-6-4-5-7-19(11)16(21)10-20-12-9-15(18)24-14(12)8-13(20)17(22)23-2/h8-9,11H,3-7,10H2,1-2H3/t11-/m1/s1. The van der Waals surface area contributed by atoms with E-state index in [9.17, 15) is 9.59 Å². The predicted octanol–water partition coefficient (Wildman–Crippen LogP) is 3.93. The number of nitrogens with zero attached hydrogens (tertiary/aromatic N) is 2. The van der Waals surface area contributed by atoms with Gasteiger partial charge in [0, 0.05) is 12.6 Å². The van der Waals surface area contributed by atoms with Crippen molar-refractivity contribution in [3.05, 3.63) is 22.2 Å². The molecule has 5 nitrogen and oxygen atoms in total. The molecule has 130 valence electrons. The average Bonchev–Trinajstić information content (AvgIpc) is 3.11. The van der Waals surface area contributed by atoms with Gasteiger partial charge in [-0.3, -0.25) is 4.79 Å².